The summed E-state index contributed by atoms with van der Waals surface area (Å²) in [7, 11) is 0. The molecule has 0 amide bonds. The second-order valence-corrected chi connectivity index (χ2v) is 5.91. The fourth-order valence-electron chi connectivity index (χ4n) is 2.41. The first-order valence-corrected chi connectivity index (χ1v) is 7.79. The highest BCUT2D eigenvalue weighted by molar-refractivity contribution is 9.10. The van der Waals surface area contributed by atoms with Crippen LogP contribution < -0.4 is 0 Å². The Morgan fingerprint density at radius 2 is 1.95 bits per heavy atom. The third kappa shape index (κ3) is 2.41. The maximum Gasteiger partial charge on any atom is 0.198 e. The molecule has 0 bridgehead atoms. The predicted molar refractivity (Wildman–Crippen MR) is 88.2 cm³/mol. The van der Waals surface area contributed by atoms with E-state index < -0.39 is 0 Å². The highest BCUT2D eigenvalue weighted by Gasteiger charge is 2.23. The zero-order chi connectivity index (χ0) is 15.0. The van der Waals surface area contributed by atoms with E-state index in [9.17, 15) is 4.79 Å². The molecule has 2 nitrogen and oxygen atoms in total. The number of furan rings is 1. The molecule has 0 aliphatic carbocycles. The summed E-state index contributed by atoms with van der Waals surface area (Å²) in [6.45, 7) is 1.97. The van der Waals surface area contributed by atoms with E-state index in [4.69, 9.17) is 16.0 Å². The van der Waals surface area contributed by atoms with Gasteiger partial charge in [-0.15, -0.1) is 0 Å². The Bertz CT molecular complexity index is 836. The summed E-state index contributed by atoms with van der Waals surface area (Å²) in [6.07, 6.45) is 0.654. The van der Waals surface area contributed by atoms with Crippen molar-refractivity contribution in [3.05, 3.63) is 68.8 Å². The van der Waals surface area contributed by atoms with E-state index in [1.54, 1.807) is 12.1 Å². The molecule has 21 heavy (non-hydrogen) atoms. The molecule has 106 valence electrons. The lowest BCUT2D eigenvalue weighted by Crippen LogP contribution is -2.04. The van der Waals surface area contributed by atoms with Gasteiger partial charge in [0.1, 0.15) is 11.3 Å². The Morgan fingerprint density at radius 3 is 2.71 bits per heavy atom. The van der Waals surface area contributed by atoms with Gasteiger partial charge >= 0.3 is 0 Å². The van der Waals surface area contributed by atoms with E-state index in [1.165, 1.54) is 0 Å². The molecule has 0 fully saturated rings. The molecule has 0 saturated heterocycles. The minimum absolute atomic E-state index is 0.108. The molecular formula is C17H12BrClO2. The van der Waals surface area contributed by atoms with Gasteiger partial charge in [-0.25, -0.2) is 0 Å². The normalized spacial score (nSPS) is 11.0. The van der Waals surface area contributed by atoms with Crippen LogP contribution in [-0.2, 0) is 6.42 Å². The number of para-hydroxylation sites is 1. The van der Waals surface area contributed by atoms with Gasteiger partial charge in [-0.05, 0) is 34.1 Å². The molecule has 0 aliphatic rings. The van der Waals surface area contributed by atoms with Crippen LogP contribution in [0.25, 0.3) is 11.0 Å². The Balaban J connectivity index is 2.24. The van der Waals surface area contributed by atoms with Crippen molar-refractivity contribution in [1.29, 1.82) is 0 Å². The zero-order valence-electron chi connectivity index (χ0n) is 11.3. The Morgan fingerprint density at radius 1 is 1.19 bits per heavy atom. The number of hydrogen-bond donors (Lipinski definition) is 0. The fraction of sp³-hybridized carbons (Fsp3) is 0.118. The Kier molecular flexibility index (Phi) is 3.87. The molecule has 0 atom stereocenters. The lowest BCUT2D eigenvalue weighted by molar-refractivity contribution is 0.103. The summed E-state index contributed by atoms with van der Waals surface area (Å²) >= 11 is 9.61. The maximum atomic E-state index is 12.9. The molecule has 0 saturated carbocycles. The Hall–Kier alpha value is -1.58. The van der Waals surface area contributed by atoms with Crippen molar-refractivity contribution in [2.24, 2.45) is 0 Å². The lowest BCUT2D eigenvalue weighted by Gasteiger charge is -2.05. The van der Waals surface area contributed by atoms with Crippen LogP contribution in [0.1, 0.15) is 28.6 Å². The monoisotopic (exact) mass is 362 g/mol. The van der Waals surface area contributed by atoms with Crippen molar-refractivity contribution in [1.82, 2.24) is 0 Å². The Labute approximate surface area is 135 Å². The van der Waals surface area contributed by atoms with E-state index in [-0.39, 0.29) is 5.78 Å². The molecule has 3 rings (SSSR count). The van der Waals surface area contributed by atoms with E-state index in [0.717, 1.165) is 11.0 Å². The first kappa shape index (κ1) is 14.4. The lowest BCUT2D eigenvalue weighted by atomic mass is 9.99. The molecule has 0 N–H and O–H groups in total. The number of ketones is 1. The minimum atomic E-state index is -0.108. The van der Waals surface area contributed by atoms with Crippen LogP contribution in [0.4, 0.5) is 0 Å². The van der Waals surface area contributed by atoms with E-state index in [2.05, 4.69) is 15.9 Å². The number of fused-ring (bicyclic) bond motifs is 1. The van der Waals surface area contributed by atoms with Crippen LogP contribution in [0, 0.1) is 0 Å². The molecule has 0 aliphatic heterocycles. The van der Waals surface area contributed by atoms with Crippen molar-refractivity contribution in [3.8, 4) is 0 Å². The molecule has 3 aromatic rings. The average Bonchev–Trinajstić information content (AvgIpc) is 2.88. The van der Waals surface area contributed by atoms with E-state index >= 15 is 0 Å². The fourth-order valence-corrected chi connectivity index (χ4v) is 2.99. The van der Waals surface area contributed by atoms with Gasteiger partial charge in [0.25, 0.3) is 0 Å². The highest BCUT2D eigenvalue weighted by Crippen LogP contribution is 2.32. The molecular weight excluding hydrogens is 352 g/mol. The minimum Gasteiger partial charge on any atom is -0.460 e. The summed E-state index contributed by atoms with van der Waals surface area (Å²) in [6, 6.07) is 12.9. The van der Waals surface area contributed by atoms with Gasteiger partial charge in [-0.2, -0.15) is 0 Å². The molecule has 1 aromatic heterocycles. The standard InChI is InChI=1S/C17H12BrClO2/c1-2-13-15(10-6-3-4-9-14(10)21-13)17(20)11-7-5-8-12(18)16(11)19/h3-9H,2H2,1H3. The van der Waals surface area contributed by atoms with Crippen LogP contribution in [0.3, 0.4) is 0 Å². The quantitative estimate of drug-likeness (QED) is 0.563. The van der Waals surface area contributed by atoms with Crippen molar-refractivity contribution in [2.75, 3.05) is 0 Å². The van der Waals surface area contributed by atoms with Crippen molar-refractivity contribution >= 4 is 44.3 Å². The van der Waals surface area contributed by atoms with Gasteiger partial charge < -0.3 is 4.42 Å². The molecule has 0 spiro atoms. The van der Waals surface area contributed by atoms with Crippen LogP contribution in [0.15, 0.2) is 51.4 Å². The number of carbonyl (C=O) groups is 1. The van der Waals surface area contributed by atoms with E-state index in [1.807, 2.05) is 37.3 Å². The smallest absolute Gasteiger partial charge is 0.198 e. The van der Waals surface area contributed by atoms with Crippen LogP contribution in [-0.4, -0.2) is 5.78 Å². The third-order valence-corrected chi connectivity index (χ3v) is 4.71. The largest absolute Gasteiger partial charge is 0.460 e. The first-order chi connectivity index (χ1) is 10.1. The SMILES string of the molecule is CCc1oc2ccccc2c1C(=O)c1cccc(Br)c1Cl. The van der Waals surface area contributed by atoms with E-state index in [0.29, 0.717) is 32.8 Å². The predicted octanol–water partition coefficient (Wildman–Crippen LogP) is 5.64. The summed E-state index contributed by atoms with van der Waals surface area (Å²) in [5.41, 5.74) is 1.81. The van der Waals surface area contributed by atoms with Crippen molar-refractivity contribution < 1.29 is 9.21 Å². The van der Waals surface area contributed by atoms with Gasteiger partial charge in [-0.1, -0.05) is 42.8 Å². The highest BCUT2D eigenvalue weighted by atomic mass is 79.9. The molecule has 4 heteroatoms. The number of halogens is 2. The van der Waals surface area contributed by atoms with Gasteiger partial charge in [-0.3, -0.25) is 4.79 Å². The summed E-state index contributed by atoms with van der Waals surface area (Å²) < 4.78 is 6.49. The van der Waals surface area contributed by atoms with Crippen LogP contribution in [0.2, 0.25) is 5.02 Å². The molecule has 2 aromatic carbocycles. The second kappa shape index (κ2) is 5.66. The number of benzene rings is 2. The zero-order valence-corrected chi connectivity index (χ0v) is 13.7. The second-order valence-electron chi connectivity index (χ2n) is 4.68. The third-order valence-electron chi connectivity index (χ3n) is 3.41. The number of rotatable bonds is 3. The summed E-state index contributed by atoms with van der Waals surface area (Å²) in [4.78, 5) is 12.9. The van der Waals surface area contributed by atoms with Gasteiger partial charge in [0.15, 0.2) is 5.78 Å². The van der Waals surface area contributed by atoms with Crippen LogP contribution in [0.5, 0.6) is 0 Å². The number of carbonyl (C=O) groups excluding carboxylic acids is 1. The van der Waals surface area contributed by atoms with Crippen molar-refractivity contribution in [3.63, 3.8) is 0 Å². The van der Waals surface area contributed by atoms with Gasteiger partial charge in [0, 0.05) is 21.8 Å². The van der Waals surface area contributed by atoms with Crippen molar-refractivity contribution in [2.45, 2.75) is 13.3 Å². The first-order valence-electron chi connectivity index (χ1n) is 6.62. The van der Waals surface area contributed by atoms with Crippen LogP contribution >= 0.6 is 27.5 Å². The summed E-state index contributed by atoms with van der Waals surface area (Å²) in [5.74, 6) is 0.584. The maximum absolute atomic E-state index is 12.9. The van der Waals surface area contributed by atoms with Gasteiger partial charge in [0.2, 0.25) is 0 Å². The number of hydrogen-bond acceptors (Lipinski definition) is 2. The van der Waals surface area contributed by atoms with Gasteiger partial charge in [0.05, 0.1) is 10.6 Å². The topological polar surface area (TPSA) is 30.2 Å². The molecule has 1 heterocycles. The molecule has 0 unspecified atom stereocenters. The molecule has 0 radical (unpaired) electrons. The average molecular weight is 364 g/mol. The summed E-state index contributed by atoms with van der Waals surface area (Å²) in [5, 5.41) is 1.25. The number of aryl methyl sites for hydroxylation is 1.